The molecule has 3 aromatic rings. The predicted octanol–water partition coefficient (Wildman–Crippen LogP) is 3.73. The number of para-hydroxylation sites is 4. The van der Waals surface area contributed by atoms with Gasteiger partial charge in [-0.25, -0.2) is 0 Å². The molecule has 3 aromatic carbocycles. The van der Waals surface area contributed by atoms with Gasteiger partial charge >= 0.3 is 0 Å². The van der Waals surface area contributed by atoms with Gasteiger partial charge in [-0.2, -0.15) is 0 Å². The van der Waals surface area contributed by atoms with E-state index in [0.29, 0.717) is 34.2 Å². The second kappa shape index (κ2) is 8.57. The van der Waals surface area contributed by atoms with E-state index >= 15 is 0 Å². The van der Waals surface area contributed by atoms with E-state index in [1.165, 1.54) is 0 Å². The highest BCUT2D eigenvalue weighted by molar-refractivity contribution is 6.05. The van der Waals surface area contributed by atoms with E-state index in [2.05, 4.69) is 10.6 Å². The van der Waals surface area contributed by atoms with Gasteiger partial charge in [-0.1, -0.05) is 24.3 Å². The van der Waals surface area contributed by atoms with Crippen LogP contribution in [0.1, 0.15) is 10.4 Å². The molecule has 1 atom stereocenters. The molecule has 0 fully saturated rings. The standard InChI is InChI=1S/C23H20N2O5/c1-28-18-7-3-2-6-17(18)25-22(26)15-10-12-16(13-11-15)24-23(27)21-14-29-19-8-4-5-9-20(19)30-21/h2-13,21H,14H2,1H3,(H,24,27)(H,25,26)/t21-/m1/s1. The number of nitrogens with one attached hydrogen (secondary N) is 2. The molecule has 0 radical (unpaired) electrons. The molecule has 7 nitrogen and oxygen atoms in total. The first-order valence-corrected chi connectivity index (χ1v) is 9.38. The number of carbonyl (C=O) groups excluding carboxylic acids is 2. The van der Waals surface area contributed by atoms with Crippen LogP contribution >= 0.6 is 0 Å². The van der Waals surface area contributed by atoms with Crippen molar-refractivity contribution in [3.8, 4) is 17.2 Å². The number of fused-ring (bicyclic) bond motifs is 1. The quantitative estimate of drug-likeness (QED) is 0.677. The van der Waals surface area contributed by atoms with Gasteiger partial charge in [0.2, 0.25) is 6.10 Å². The molecule has 0 unspecified atom stereocenters. The first-order valence-electron chi connectivity index (χ1n) is 9.38. The Morgan fingerprint density at radius 2 is 1.60 bits per heavy atom. The van der Waals surface area contributed by atoms with Gasteiger partial charge in [0.05, 0.1) is 12.8 Å². The van der Waals surface area contributed by atoms with Crippen molar-refractivity contribution in [1.29, 1.82) is 0 Å². The smallest absolute Gasteiger partial charge is 0.269 e. The molecule has 0 spiro atoms. The molecule has 0 saturated carbocycles. The van der Waals surface area contributed by atoms with Crippen molar-refractivity contribution in [2.45, 2.75) is 6.10 Å². The van der Waals surface area contributed by atoms with E-state index in [4.69, 9.17) is 14.2 Å². The van der Waals surface area contributed by atoms with Crippen LogP contribution in [0.25, 0.3) is 0 Å². The molecule has 152 valence electrons. The van der Waals surface area contributed by atoms with Crippen LogP contribution in [0.4, 0.5) is 11.4 Å². The summed E-state index contributed by atoms with van der Waals surface area (Å²) in [7, 11) is 1.54. The van der Waals surface area contributed by atoms with E-state index < -0.39 is 6.10 Å². The van der Waals surface area contributed by atoms with E-state index in [0.717, 1.165) is 0 Å². The lowest BCUT2D eigenvalue weighted by molar-refractivity contribution is -0.125. The van der Waals surface area contributed by atoms with Crippen LogP contribution in [0.3, 0.4) is 0 Å². The summed E-state index contributed by atoms with van der Waals surface area (Å²) in [5.41, 5.74) is 1.58. The SMILES string of the molecule is COc1ccccc1NC(=O)c1ccc(NC(=O)[C@H]2COc3ccccc3O2)cc1. The number of anilines is 2. The van der Waals surface area contributed by atoms with E-state index in [9.17, 15) is 9.59 Å². The number of ether oxygens (including phenoxy) is 3. The van der Waals surface area contributed by atoms with Crippen molar-refractivity contribution in [3.63, 3.8) is 0 Å². The largest absolute Gasteiger partial charge is 0.495 e. The van der Waals surface area contributed by atoms with Gasteiger partial charge in [-0.3, -0.25) is 9.59 Å². The summed E-state index contributed by atoms with van der Waals surface area (Å²) in [6.07, 6.45) is -0.756. The molecule has 1 aliphatic heterocycles. The molecule has 0 bridgehead atoms. The highest BCUT2D eigenvalue weighted by Gasteiger charge is 2.27. The van der Waals surface area contributed by atoms with Crippen LogP contribution in [0, 0.1) is 0 Å². The average molecular weight is 404 g/mol. The lowest BCUT2D eigenvalue weighted by Gasteiger charge is -2.25. The monoisotopic (exact) mass is 404 g/mol. The third kappa shape index (κ3) is 4.20. The van der Waals surface area contributed by atoms with Gasteiger partial charge in [-0.15, -0.1) is 0 Å². The molecule has 30 heavy (non-hydrogen) atoms. The summed E-state index contributed by atoms with van der Waals surface area (Å²) < 4.78 is 16.5. The zero-order chi connectivity index (χ0) is 20.9. The fourth-order valence-corrected chi connectivity index (χ4v) is 3.02. The lowest BCUT2D eigenvalue weighted by atomic mass is 10.1. The molecule has 1 heterocycles. The molecule has 1 aliphatic rings. The van der Waals surface area contributed by atoms with Crippen LogP contribution in [-0.4, -0.2) is 31.6 Å². The average Bonchev–Trinajstić information content (AvgIpc) is 2.79. The van der Waals surface area contributed by atoms with E-state index in [1.54, 1.807) is 55.6 Å². The maximum atomic E-state index is 12.5. The topological polar surface area (TPSA) is 85.9 Å². The van der Waals surface area contributed by atoms with Crippen molar-refractivity contribution in [1.82, 2.24) is 0 Å². The Balaban J connectivity index is 1.38. The highest BCUT2D eigenvalue weighted by Crippen LogP contribution is 2.31. The molecular weight excluding hydrogens is 384 g/mol. The van der Waals surface area contributed by atoms with Crippen molar-refractivity contribution in [3.05, 3.63) is 78.4 Å². The minimum atomic E-state index is -0.756. The highest BCUT2D eigenvalue weighted by atomic mass is 16.6. The zero-order valence-corrected chi connectivity index (χ0v) is 16.3. The number of rotatable bonds is 5. The van der Waals surface area contributed by atoms with Gasteiger partial charge in [0.25, 0.3) is 11.8 Å². The second-order valence-corrected chi connectivity index (χ2v) is 6.59. The fourth-order valence-electron chi connectivity index (χ4n) is 3.02. The minimum Gasteiger partial charge on any atom is -0.495 e. The normalized spacial score (nSPS) is 14.5. The van der Waals surface area contributed by atoms with E-state index in [-0.39, 0.29) is 18.4 Å². The number of hydrogen-bond donors (Lipinski definition) is 2. The Bertz CT molecular complexity index is 1070. The Morgan fingerprint density at radius 3 is 2.37 bits per heavy atom. The van der Waals surface area contributed by atoms with E-state index in [1.807, 2.05) is 24.3 Å². The molecule has 7 heteroatoms. The summed E-state index contributed by atoms with van der Waals surface area (Å²) >= 11 is 0. The number of carbonyl (C=O) groups is 2. The van der Waals surface area contributed by atoms with Gasteiger partial charge < -0.3 is 24.8 Å². The first kappa shape index (κ1) is 19.3. The van der Waals surface area contributed by atoms with Crippen molar-refractivity contribution in [2.75, 3.05) is 24.4 Å². The Hall–Kier alpha value is -4.00. The van der Waals surface area contributed by atoms with Crippen LogP contribution < -0.4 is 24.8 Å². The van der Waals surface area contributed by atoms with Gasteiger partial charge in [0.15, 0.2) is 11.5 Å². The first-order chi connectivity index (χ1) is 14.6. The van der Waals surface area contributed by atoms with Gasteiger partial charge in [-0.05, 0) is 48.5 Å². The molecule has 0 saturated heterocycles. The lowest BCUT2D eigenvalue weighted by Crippen LogP contribution is -2.40. The van der Waals surface area contributed by atoms with Crippen LogP contribution in [0.5, 0.6) is 17.2 Å². The maximum absolute atomic E-state index is 12.5. The van der Waals surface area contributed by atoms with Crippen molar-refractivity contribution >= 4 is 23.2 Å². The summed E-state index contributed by atoms with van der Waals surface area (Å²) in [5.74, 6) is 1.12. The maximum Gasteiger partial charge on any atom is 0.269 e. The second-order valence-electron chi connectivity index (χ2n) is 6.59. The summed E-state index contributed by atoms with van der Waals surface area (Å²) in [5, 5.41) is 5.59. The molecule has 0 aromatic heterocycles. The fraction of sp³-hybridized carbons (Fsp3) is 0.130. The zero-order valence-electron chi connectivity index (χ0n) is 16.3. The molecule has 0 aliphatic carbocycles. The number of methoxy groups -OCH3 is 1. The molecule has 2 N–H and O–H groups in total. The van der Waals surface area contributed by atoms with Crippen LogP contribution in [-0.2, 0) is 4.79 Å². The Labute approximate surface area is 173 Å². The third-order valence-electron chi connectivity index (χ3n) is 4.57. The summed E-state index contributed by atoms with van der Waals surface area (Å²) in [6, 6.07) is 21.0. The molecular formula is C23H20N2O5. The number of hydrogen-bond acceptors (Lipinski definition) is 5. The summed E-state index contributed by atoms with van der Waals surface area (Å²) in [6.45, 7) is 0.127. The van der Waals surface area contributed by atoms with Crippen LogP contribution in [0.15, 0.2) is 72.8 Å². The van der Waals surface area contributed by atoms with Crippen molar-refractivity contribution < 1.29 is 23.8 Å². The molecule has 4 rings (SSSR count). The Kier molecular flexibility index (Phi) is 5.52. The van der Waals surface area contributed by atoms with Crippen molar-refractivity contribution in [2.24, 2.45) is 0 Å². The number of benzene rings is 3. The Morgan fingerprint density at radius 1 is 0.900 bits per heavy atom. The van der Waals surface area contributed by atoms with Gasteiger partial charge in [0, 0.05) is 11.3 Å². The number of amides is 2. The molecule has 2 amide bonds. The van der Waals surface area contributed by atoms with Gasteiger partial charge in [0.1, 0.15) is 12.4 Å². The predicted molar refractivity (Wildman–Crippen MR) is 112 cm³/mol. The van der Waals surface area contributed by atoms with Crippen LogP contribution in [0.2, 0.25) is 0 Å². The summed E-state index contributed by atoms with van der Waals surface area (Å²) in [4.78, 5) is 25.0. The third-order valence-corrected chi connectivity index (χ3v) is 4.57. The minimum absolute atomic E-state index is 0.127.